The van der Waals surface area contributed by atoms with Crippen LogP contribution >= 0.6 is 0 Å². The van der Waals surface area contributed by atoms with E-state index in [1.54, 1.807) is 0 Å². The minimum Gasteiger partial charge on any atom is -0.493 e. The molecule has 148 valence electrons. The van der Waals surface area contributed by atoms with Gasteiger partial charge < -0.3 is 19.5 Å². The number of anilines is 1. The van der Waals surface area contributed by atoms with Gasteiger partial charge in [0.1, 0.15) is 6.54 Å². The first-order valence-corrected chi connectivity index (χ1v) is 10.0. The van der Waals surface area contributed by atoms with E-state index in [4.69, 9.17) is 14.2 Å². The normalized spacial score (nSPS) is 11.2. The van der Waals surface area contributed by atoms with Crippen LogP contribution in [0.4, 0.5) is 5.69 Å². The van der Waals surface area contributed by atoms with E-state index in [-0.39, 0.29) is 18.1 Å². The lowest BCUT2D eigenvalue weighted by atomic mass is 10.1. The number of sulfonamides is 1. The highest BCUT2D eigenvalue weighted by molar-refractivity contribution is 7.92. The van der Waals surface area contributed by atoms with Crippen LogP contribution in [0.1, 0.15) is 20.3 Å². The van der Waals surface area contributed by atoms with Crippen molar-refractivity contribution in [2.75, 3.05) is 45.0 Å². The average molecular weight is 388 g/mol. The Balaban J connectivity index is 3.16. The number of benzene rings is 1. The zero-order chi connectivity index (χ0) is 19.9. The van der Waals surface area contributed by atoms with E-state index in [1.807, 2.05) is 13.8 Å². The molecule has 0 aliphatic rings. The van der Waals surface area contributed by atoms with Crippen molar-refractivity contribution in [2.45, 2.75) is 20.3 Å². The van der Waals surface area contributed by atoms with E-state index in [0.29, 0.717) is 29.7 Å². The molecule has 0 fully saturated rings. The number of ether oxygens (including phenoxy) is 3. The van der Waals surface area contributed by atoms with Crippen LogP contribution in [0.2, 0.25) is 0 Å². The molecule has 0 aliphatic heterocycles. The van der Waals surface area contributed by atoms with Crippen molar-refractivity contribution in [3.8, 4) is 17.2 Å². The largest absolute Gasteiger partial charge is 0.493 e. The summed E-state index contributed by atoms with van der Waals surface area (Å²) in [6.45, 7) is 4.24. The van der Waals surface area contributed by atoms with Crippen molar-refractivity contribution in [1.82, 2.24) is 5.32 Å². The summed E-state index contributed by atoms with van der Waals surface area (Å²) in [7, 11) is 0.622. The molecule has 0 heterocycles. The summed E-state index contributed by atoms with van der Waals surface area (Å²) in [6, 6.07) is 2.98. The molecule has 8 nitrogen and oxygen atoms in total. The second-order valence-corrected chi connectivity index (χ2v) is 8.09. The first kappa shape index (κ1) is 21.9. The van der Waals surface area contributed by atoms with Gasteiger partial charge in [0.25, 0.3) is 0 Å². The van der Waals surface area contributed by atoms with E-state index in [1.165, 1.54) is 33.5 Å². The lowest BCUT2D eigenvalue weighted by Gasteiger charge is -2.24. The Bertz CT molecular complexity index is 693. The first-order valence-electron chi connectivity index (χ1n) is 8.18. The summed E-state index contributed by atoms with van der Waals surface area (Å²) < 4.78 is 41.2. The molecule has 26 heavy (non-hydrogen) atoms. The molecule has 0 atom stereocenters. The number of rotatable bonds is 10. The minimum atomic E-state index is -3.70. The number of nitrogens with zero attached hydrogens (tertiary/aromatic N) is 1. The maximum absolute atomic E-state index is 12.2. The van der Waals surface area contributed by atoms with E-state index in [0.717, 1.165) is 17.0 Å². The van der Waals surface area contributed by atoms with E-state index < -0.39 is 10.0 Å². The van der Waals surface area contributed by atoms with Gasteiger partial charge in [-0.3, -0.25) is 9.10 Å². The van der Waals surface area contributed by atoms with Crippen molar-refractivity contribution in [2.24, 2.45) is 5.92 Å². The summed E-state index contributed by atoms with van der Waals surface area (Å²) in [5.41, 5.74) is 0.251. The van der Waals surface area contributed by atoms with Crippen LogP contribution in [0.5, 0.6) is 17.2 Å². The molecule has 0 aliphatic carbocycles. The number of hydrogen-bond donors (Lipinski definition) is 1. The monoisotopic (exact) mass is 388 g/mol. The Morgan fingerprint density at radius 1 is 1.12 bits per heavy atom. The zero-order valence-corrected chi connectivity index (χ0v) is 17.0. The molecule has 1 N–H and O–H groups in total. The molecule has 0 aromatic heterocycles. The van der Waals surface area contributed by atoms with Gasteiger partial charge in [-0.05, 0) is 12.3 Å². The van der Waals surface area contributed by atoms with Crippen molar-refractivity contribution >= 4 is 21.6 Å². The molecule has 1 amide bonds. The highest BCUT2D eigenvalue weighted by atomic mass is 32.2. The van der Waals surface area contributed by atoms with E-state index in [9.17, 15) is 13.2 Å². The van der Waals surface area contributed by atoms with Gasteiger partial charge in [-0.15, -0.1) is 0 Å². The molecule has 1 rings (SSSR count). The number of nitrogens with one attached hydrogen (secondary N) is 1. The number of hydrogen-bond acceptors (Lipinski definition) is 6. The van der Waals surface area contributed by atoms with Crippen LogP contribution < -0.4 is 23.8 Å². The zero-order valence-electron chi connectivity index (χ0n) is 16.2. The Labute approximate surface area is 155 Å². The van der Waals surface area contributed by atoms with Gasteiger partial charge in [0, 0.05) is 18.7 Å². The van der Waals surface area contributed by atoms with Gasteiger partial charge in [-0.2, -0.15) is 0 Å². The third kappa shape index (κ3) is 5.98. The second kappa shape index (κ2) is 9.51. The number of carbonyl (C=O) groups excluding carboxylic acids is 1. The molecular weight excluding hydrogens is 360 g/mol. The Morgan fingerprint density at radius 3 is 2.04 bits per heavy atom. The Kier molecular flexibility index (Phi) is 8.01. The highest BCUT2D eigenvalue weighted by Crippen LogP contribution is 2.41. The summed E-state index contributed by atoms with van der Waals surface area (Å²) in [4.78, 5) is 12.2. The van der Waals surface area contributed by atoms with Crippen LogP contribution in [-0.2, 0) is 14.8 Å². The fraction of sp³-hybridized carbons (Fsp3) is 0.588. The van der Waals surface area contributed by atoms with Crippen molar-refractivity contribution in [3.05, 3.63) is 12.1 Å². The highest BCUT2D eigenvalue weighted by Gasteiger charge is 2.24. The van der Waals surface area contributed by atoms with Crippen LogP contribution in [-0.4, -0.2) is 55.0 Å². The predicted octanol–water partition coefficient (Wildman–Crippen LogP) is 1.64. The smallest absolute Gasteiger partial charge is 0.240 e. The Morgan fingerprint density at radius 2 is 1.65 bits per heavy atom. The Hall–Kier alpha value is -2.16. The lowest BCUT2D eigenvalue weighted by molar-refractivity contribution is -0.119. The third-order valence-electron chi connectivity index (χ3n) is 3.67. The van der Waals surface area contributed by atoms with Gasteiger partial charge in [-0.25, -0.2) is 8.42 Å². The van der Waals surface area contributed by atoms with Crippen LogP contribution in [0, 0.1) is 5.92 Å². The van der Waals surface area contributed by atoms with Crippen molar-refractivity contribution < 1.29 is 27.4 Å². The van der Waals surface area contributed by atoms with Gasteiger partial charge in [-0.1, -0.05) is 13.8 Å². The van der Waals surface area contributed by atoms with Crippen molar-refractivity contribution in [1.29, 1.82) is 0 Å². The quantitative estimate of drug-likeness (QED) is 0.655. The molecule has 1 aromatic carbocycles. The molecule has 0 radical (unpaired) electrons. The van der Waals surface area contributed by atoms with E-state index in [2.05, 4.69) is 5.32 Å². The van der Waals surface area contributed by atoms with Gasteiger partial charge in [0.15, 0.2) is 11.5 Å². The van der Waals surface area contributed by atoms with Crippen LogP contribution in [0.15, 0.2) is 12.1 Å². The maximum Gasteiger partial charge on any atom is 0.240 e. The van der Waals surface area contributed by atoms with Gasteiger partial charge in [0.05, 0.1) is 33.3 Å². The lowest BCUT2D eigenvalue weighted by Crippen LogP contribution is -2.40. The standard InChI is InChI=1S/C17H28N2O6S/c1-12(2)7-8-18-16(20)11-19(26(6,21)22)13-9-14(23-3)17(25-5)15(10-13)24-4/h9-10,12H,7-8,11H2,1-6H3,(H,18,20). The molecule has 0 spiro atoms. The first-order chi connectivity index (χ1) is 12.1. The van der Waals surface area contributed by atoms with Gasteiger partial charge in [0.2, 0.25) is 21.7 Å². The molecule has 0 bridgehead atoms. The van der Waals surface area contributed by atoms with Gasteiger partial charge >= 0.3 is 0 Å². The average Bonchev–Trinajstić information content (AvgIpc) is 2.56. The fourth-order valence-corrected chi connectivity index (χ4v) is 3.14. The van der Waals surface area contributed by atoms with Crippen molar-refractivity contribution in [3.63, 3.8) is 0 Å². The number of carbonyl (C=O) groups is 1. The van der Waals surface area contributed by atoms with Crippen LogP contribution in [0.25, 0.3) is 0 Å². The van der Waals surface area contributed by atoms with Crippen LogP contribution in [0.3, 0.4) is 0 Å². The predicted molar refractivity (Wildman–Crippen MR) is 101 cm³/mol. The topological polar surface area (TPSA) is 94.2 Å². The SMILES string of the molecule is COc1cc(N(CC(=O)NCCC(C)C)S(C)(=O)=O)cc(OC)c1OC. The molecule has 0 saturated carbocycles. The fourth-order valence-electron chi connectivity index (χ4n) is 2.30. The summed E-state index contributed by atoms with van der Waals surface area (Å²) >= 11 is 0. The summed E-state index contributed by atoms with van der Waals surface area (Å²) in [6.07, 6.45) is 1.85. The molecule has 0 unspecified atom stereocenters. The summed E-state index contributed by atoms with van der Waals surface area (Å²) in [5.74, 6) is 1.00. The maximum atomic E-state index is 12.2. The minimum absolute atomic E-state index is 0.251. The second-order valence-electron chi connectivity index (χ2n) is 6.19. The molecular formula is C17H28N2O6S. The van der Waals surface area contributed by atoms with E-state index >= 15 is 0 Å². The molecule has 9 heteroatoms. The molecule has 0 saturated heterocycles. The third-order valence-corrected chi connectivity index (χ3v) is 4.81. The number of methoxy groups -OCH3 is 3. The summed E-state index contributed by atoms with van der Waals surface area (Å²) in [5, 5.41) is 2.73. The number of amides is 1. The molecule has 1 aromatic rings.